The van der Waals surface area contributed by atoms with Crippen LogP contribution in [0.3, 0.4) is 0 Å². The Kier molecular flexibility index (Phi) is 3.59. The molecule has 2 rings (SSSR count). The van der Waals surface area contributed by atoms with Crippen molar-refractivity contribution >= 4 is 23.1 Å². The molecule has 0 fully saturated rings. The summed E-state index contributed by atoms with van der Waals surface area (Å²) in [7, 11) is 0. The van der Waals surface area contributed by atoms with Crippen LogP contribution in [0.2, 0.25) is 0 Å². The third-order valence-electron chi connectivity index (χ3n) is 2.57. The molecular formula is C14H16N2S. The molecule has 2 aromatic rings. The van der Waals surface area contributed by atoms with Crippen LogP contribution in [0.5, 0.6) is 0 Å². The third kappa shape index (κ3) is 2.94. The maximum absolute atomic E-state index is 5.79. The fraction of sp³-hybridized carbons (Fsp3) is 0.143. The van der Waals surface area contributed by atoms with Gasteiger partial charge in [-0.05, 0) is 54.4 Å². The minimum absolute atomic E-state index is 0.794. The van der Waals surface area contributed by atoms with Crippen molar-refractivity contribution < 1.29 is 0 Å². The van der Waals surface area contributed by atoms with Crippen molar-refractivity contribution in [2.24, 2.45) is 0 Å². The van der Waals surface area contributed by atoms with Gasteiger partial charge in [-0.1, -0.05) is 18.7 Å². The van der Waals surface area contributed by atoms with E-state index in [-0.39, 0.29) is 0 Å². The van der Waals surface area contributed by atoms with Gasteiger partial charge in [0.25, 0.3) is 0 Å². The van der Waals surface area contributed by atoms with Crippen LogP contribution in [-0.2, 0) is 6.42 Å². The predicted molar refractivity (Wildman–Crippen MR) is 75.2 cm³/mol. The molecular weight excluding hydrogens is 228 g/mol. The van der Waals surface area contributed by atoms with E-state index in [1.165, 1.54) is 15.4 Å². The van der Waals surface area contributed by atoms with Gasteiger partial charge in [0.15, 0.2) is 0 Å². The highest BCUT2D eigenvalue weighted by Gasteiger charge is 2.03. The Bertz CT molecular complexity index is 506. The number of anilines is 2. The van der Waals surface area contributed by atoms with Crippen LogP contribution >= 0.6 is 11.8 Å². The summed E-state index contributed by atoms with van der Waals surface area (Å²) in [6.45, 7) is 2.14. The molecule has 0 atom stereocenters. The highest BCUT2D eigenvalue weighted by Crippen LogP contribution is 2.32. The largest absolute Gasteiger partial charge is 0.399 e. The van der Waals surface area contributed by atoms with Crippen molar-refractivity contribution in [3.8, 4) is 0 Å². The number of nitrogen functional groups attached to an aromatic ring is 2. The Morgan fingerprint density at radius 2 is 1.59 bits per heavy atom. The fourth-order valence-corrected chi connectivity index (χ4v) is 2.63. The van der Waals surface area contributed by atoms with E-state index in [4.69, 9.17) is 11.5 Å². The lowest BCUT2D eigenvalue weighted by Crippen LogP contribution is -1.90. The molecule has 0 aliphatic heterocycles. The van der Waals surface area contributed by atoms with Crippen LogP contribution in [0, 0.1) is 0 Å². The van der Waals surface area contributed by atoms with E-state index in [0.29, 0.717) is 0 Å². The van der Waals surface area contributed by atoms with Crippen molar-refractivity contribution in [2.75, 3.05) is 11.5 Å². The topological polar surface area (TPSA) is 52.0 Å². The molecule has 4 N–H and O–H groups in total. The number of rotatable bonds is 3. The summed E-state index contributed by atoms with van der Waals surface area (Å²) in [6.07, 6.45) is 0.988. The van der Waals surface area contributed by atoms with Gasteiger partial charge in [-0.25, -0.2) is 0 Å². The van der Waals surface area contributed by atoms with E-state index in [9.17, 15) is 0 Å². The Labute approximate surface area is 106 Å². The molecule has 17 heavy (non-hydrogen) atoms. The van der Waals surface area contributed by atoms with Crippen molar-refractivity contribution in [2.45, 2.75) is 23.1 Å². The number of hydrogen-bond donors (Lipinski definition) is 2. The van der Waals surface area contributed by atoms with Gasteiger partial charge < -0.3 is 11.5 Å². The second-order valence-electron chi connectivity index (χ2n) is 3.89. The second kappa shape index (κ2) is 5.15. The Morgan fingerprint density at radius 1 is 0.941 bits per heavy atom. The van der Waals surface area contributed by atoms with Crippen molar-refractivity contribution in [3.05, 3.63) is 48.0 Å². The lowest BCUT2D eigenvalue weighted by Gasteiger charge is -2.08. The zero-order valence-electron chi connectivity index (χ0n) is 9.81. The highest BCUT2D eigenvalue weighted by atomic mass is 32.2. The zero-order chi connectivity index (χ0) is 12.3. The molecule has 0 aliphatic carbocycles. The van der Waals surface area contributed by atoms with E-state index in [2.05, 4.69) is 13.0 Å². The van der Waals surface area contributed by atoms with E-state index < -0.39 is 0 Å². The summed E-state index contributed by atoms with van der Waals surface area (Å²) in [5, 5.41) is 0. The van der Waals surface area contributed by atoms with Crippen LogP contribution in [0.4, 0.5) is 11.4 Å². The van der Waals surface area contributed by atoms with Gasteiger partial charge >= 0.3 is 0 Å². The number of aryl methyl sites for hydroxylation is 1. The van der Waals surface area contributed by atoms with Gasteiger partial charge in [0, 0.05) is 21.2 Å². The first-order chi connectivity index (χ1) is 8.19. The van der Waals surface area contributed by atoms with Gasteiger partial charge in [-0.2, -0.15) is 0 Å². The SMILES string of the molecule is CCc1cc(N)ccc1Sc1ccc(N)cc1. The standard InChI is InChI=1S/C14H16N2S/c1-2-10-9-12(16)5-8-14(10)17-13-6-3-11(15)4-7-13/h3-9H,2,15-16H2,1H3. The Balaban J connectivity index is 2.26. The van der Waals surface area contributed by atoms with Crippen LogP contribution in [0.1, 0.15) is 12.5 Å². The minimum Gasteiger partial charge on any atom is -0.399 e. The molecule has 0 bridgehead atoms. The Morgan fingerprint density at radius 3 is 2.24 bits per heavy atom. The maximum atomic E-state index is 5.79. The van der Waals surface area contributed by atoms with Crippen LogP contribution in [0.15, 0.2) is 52.3 Å². The van der Waals surface area contributed by atoms with E-state index in [0.717, 1.165) is 17.8 Å². The number of hydrogen-bond acceptors (Lipinski definition) is 3. The Hall–Kier alpha value is -1.61. The zero-order valence-corrected chi connectivity index (χ0v) is 10.6. The quantitative estimate of drug-likeness (QED) is 0.812. The second-order valence-corrected chi connectivity index (χ2v) is 5.01. The normalized spacial score (nSPS) is 10.4. The average Bonchev–Trinajstić information content (AvgIpc) is 2.34. The van der Waals surface area contributed by atoms with Crippen LogP contribution < -0.4 is 11.5 Å². The lowest BCUT2D eigenvalue weighted by atomic mass is 10.1. The predicted octanol–water partition coefficient (Wildman–Crippen LogP) is 3.56. The average molecular weight is 244 g/mol. The van der Waals surface area contributed by atoms with Crippen molar-refractivity contribution in [3.63, 3.8) is 0 Å². The minimum atomic E-state index is 0.794. The molecule has 3 heteroatoms. The van der Waals surface area contributed by atoms with Gasteiger partial charge in [0.1, 0.15) is 0 Å². The summed E-state index contributed by atoms with van der Waals surface area (Å²) in [6, 6.07) is 14.0. The van der Waals surface area contributed by atoms with Gasteiger partial charge in [0.2, 0.25) is 0 Å². The summed E-state index contributed by atoms with van der Waals surface area (Å²) < 4.78 is 0. The summed E-state index contributed by atoms with van der Waals surface area (Å²) >= 11 is 1.75. The van der Waals surface area contributed by atoms with E-state index in [1.54, 1.807) is 11.8 Å². The smallest absolute Gasteiger partial charge is 0.0317 e. The molecule has 0 aliphatic rings. The summed E-state index contributed by atoms with van der Waals surface area (Å²) in [4.78, 5) is 2.45. The van der Waals surface area contributed by atoms with Crippen molar-refractivity contribution in [1.82, 2.24) is 0 Å². The summed E-state index contributed by atoms with van der Waals surface area (Å²) in [5.41, 5.74) is 14.4. The molecule has 0 aromatic heterocycles. The number of benzene rings is 2. The van der Waals surface area contributed by atoms with Crippen LogP contribution in [-0.4, -0.2) is 0 Å². The molecule has 0 saturated heterocycles. The lowest BCUT2D eigenvalue weighted by molar-refractivity contribution is 1.08. The highest BCUT2D eigenvalue weighted by molar-refractivity contribution is 7.99. The molecule has 0 heterocycles. The van der Waals surface area contributed by atoms with Crippen LogP contribution in [0.25, 0.3) is 0 Å². The monoisotopic (exact) mass is 244 g/mol. The van der Waals surface area contributed by atoms with E-state index in [1.807, 2.05) is 36.4 Å². The fourth-order valence-electron chi connectivity index (χ4n) is 1.64. The van der Waals surface area contributed by atoms with E-state index >= 15 is 0 Å². The van der Waals surface area contributed by atoms with Gasteiger partial charge in [-0.15, -0.1) is 0 Å². The van der Waals surface area contributed by atoms with Gasteiger partial charge in [0.05, 0.1) is 0 Å². The first kappa shape index (κ1) is 11.9. The number of nitrogens with two attached hydrogens (primary N) is 2. The van der Waals surface area contributed by atoms with Crippen molar-refractivity contribution in [1.29, 1.82) is 0 Å². The summed E-state index contributed by atoms with van der Waals surface area (Å²) in [5.74, 6) is 0. The third-order valence-corrected chi connectivity index (χ3v) is 3.70. The molecule has 0 unspecified atom stereocenters. The molecule has 2 aromatic carbocycles. The molecule has 0 amide bonds. The first-order valence-corrected chi connectivity index (χ1v) is 6.42. The maximum Gasteiger partial charge on any atom is 0.0317 e. The first-order valence-electron chi connectivity index (χ1n) is 5.61. The molecule has 0 spiro atoms. The molecule has 2 nitrogen and oxygen atoms in total. The molecule has 0 saturated carbocycles. The molecule has 0 radical (unpaired) electrons. The molecule has 88 valence electrons. The van der Waals surface area contributed by atoms with Gasteiger partial charge in [-0.3, -0.25) is 0 Å².